The molecule has 6 heteroatoms. The Morgan fingerprint density at radius 3 is 2.70 bits per heavy atom. The Morgan fingerprint density at radius 1 is 1.13 bits per heavy atom. The fourth-order valence-electron chi connectivity index (χ4n) is 4.09. The Balaban J connectivity index is 1.57. The van der Waals surface area contributed by atoms with Gasteiger partial charge in [0.15, 0.2) is 0 Å². The summed E-state index contributed by atoms with van der Waals surface area (Å²) in [5, 5.41) is 15.3. The van der Waals surface area contributed by atoms with Gasteiger partial charge in [-0.25, -0.2) is 0 Å². The molecule has 154 valence electrons. The number of phenolic OH excluding ortho intramolecular Hbond substituents is 1. The van der Waals surface area contributed by atoms with Crippen LogP contribution in [0.1, 0.15) is 18.9 Å². The molecule has 0 aliphatic carbocycles. The highest BCUT2D eigenvalue weighted by Crippen LogP contribution is 2.32. The molecule has 1 aliphatic heterocycles. The van der Waals surface area contributed by atoms with Crippen LogP contribution >= 0.6 is 0 Å². The van der Waals surface area contributed by atoms with E-state index in [4.69, 9.17) is 0 Å². The van der Waals surface area contributed by atoms with Gasteiger partial charge in [0.05, 0.1) is 17.9 Å². The molecule has 0 unspecified atom stereocenters. The zero-order chi connectivity index (χ0) is 21.3. The van der Waals surface area contributed by atoms with Crippen LogP contribution in [0.4, 0.5) is 11.4 Å². The lowest BCUT2D eigenvalue weighted by atomic mass is 10.0. The summed E-state index contributed by atoms with van der Waals surface area (Å²) in [7, 11) is 1.86. The largest absolute Gasteiger partial charge is 0.508 e. The maximum absolute atomic E-state index is 13.3. The second-order valence-corrected chi connectivity index (χ2v) is 7.84. The van der Waals surface area contributed by atoms with Crippen LogP contribution in [0, 0.1) is 0 Å². The van der Waals surface area contributed by atoms with E-state index < -0.39 is 0 Å². The van der Waals surface area contributed by atoms with Gasteiger partial charge in [-0.2, -0.15) is 0 Å². The first kappa shape index (κ1) is 19.9. The average molecular weight is 403 g/mol. The van der Waals surface area contributed by atoms with E-state index in [-0.39, 0.29) is 36.6 Å². The molecule has 0 bridgehead atoms. The quantitative estimate of drug-likeness (QED) is 0.696. The summed E-state index contributed by atoms with van der Waals surface area (Å²) >= 11 is 0. The predicted octanol–water partition coefficient (Wildman–Crippen LogP) is 3.74. The van der Waals surface area contributed by atoms with Gasteiger partial charge in [0.25, 0.3) is 0 Å². The fourth-order valence-corrected chi connectivity index (χ4v) is 4.09. The monoisotopic (exact) mass is 403 g/mol. The second kappa shape index (κ2) is 8.16. The third-order valence-corrected chi connectivity index (χ3v) is 5.48. The lowest BCUT2D eigenvalue weighted by molar-refractivity contribution is -0.120. The Hall–Kier alpha value is -3.38. The minimum Gasteiger partial charge on any atom is -0.508 e. The summed E-state index contributed by atoms with van der Waals surface area (Å²) in [6.07, 6.45) is 0.244. The van der Waals surface area contributed by atoms with Crippen molar-refractivity contribution >= 4 is 34.0 Å². The van der Waals surface area contributed by atoms with E-state index in [9.17, 15) is 14.7 Å². The van der Waals surface area contributed by atoms with Crippen LogP contribution in [0.3, 0.4) is 0 Å². The van der Waals surface area contributed by atoms with Crippen molar-refractivity contribution in [3.8, 4) is 5.75 Å². The molecular weight excluding hydrogens is 378 g/mol. The number of amides is 2. The lowest BCUT2D eigenvalue weighted by Crippen LogP contribution is -2.44. The van der Waals surface area contributed by atoms with Crippen molar-refractivity contribution in [2.24, 2.45) is 0 Å². The molecule has 6 nitrogen and oxygen atoms in total. The number of nitrogens with zero attached hydrogens (tertiary/aromatic N) is 2. The molecule has 0 saturated heterocycles. The average Bonchev–Trinajstić information content (AvgIpc) is 2.84. The number of fused-ring (bicyclic) bond motifs is 2. The molecule has 0 aromatic heterocycles. The second-order valence-electron chi connectivity index (χ2n) is 7.84. The SMILES string of the molecule is C[C@@H]1CC(=O)Nc2ccccc2N1C(=O)CN(C)Cc1c(O)ccc2ccccc12. The number of likely N-dealkylation sites (N-methyl/N-ethyl adjacent to an activating group) is 1. The number of carbonyl (C=O) groups is 2. The zero-order valence-corrected chi connectivity index (χ0v) is 17.1. The summed E-state index contributed by atoms with van der Waals surface area (Å²) in [6, 6.07) is 18.6. The molecule has 3 aromatic carbocycles. The van der Waals surface area contributed by atoms with E-state index in [1.807, 2.05) is 73.5 Å². The van der Waals surface area contributed by atoms with Gasteiger partial charge in [-0.1, -0.05) is 42.5 Å². The van der Waals surface area contributed by atoms with Crippen LogP contribution < -0.4 is 10.2 Å². The van der Waals surface area contributed by atoms with Gasteiger partial charge in [-0.3, -0.25) is 14.5 Å². The molecule has 30 heavy (non-hydrogen) atoms. The van der Waals surface area contributed by atoms with Gasteiger partial charge in [0.1, 0.15) is 5.75 Å². The number of anilines is 2. The van der Waals surface area contributed by atoms with Crippen LogP contribution in [-0.2, 0) is 16.1 Å². The standard InChI is InChI=1S/C24H25N3O3/c1-16-13-23(29)25-20-9-5-6-10-21(20)27(16)24(30)15-26(2)14-19-18-8-4-3-7-17(18)11-12-22(19)28/h3-12,16,28H,13-15H2,1-2H3,(H,25,29)/t16-/m1/s1. The Bertz CT molecular complexity index is 1110. The minimum atomic E-state index is -0.250. The first-order valence-corrected chi connectivity index (χ1v) is 10.0. The zero-order valence-electron chi connectivity index (χ0n) is 17.1. The highest BCUT2D eigenvalue weighted by atomic mass is 16.3. The van der Waals surface area contributed by atoms with Gasteiger partial charge in [0, 0.05) is 24.6 Å². The number of rotatable bonds is 4. The molecule has 4 rings (SSSR count). The highest BCUT2D eigenvalue weighted by Gasteiger charge is 2.30. The number of hydrogen-bond donors (Lipinski definition) is 2. The minimum absolute atomic E-state index is 0.0892. The van der Waals surface area contributed by atoms with Crippen molar-refractivity contribution in [1.82, 2.24) is 4.90 Å². The topological polar surface area (TPSA) is 72.9 Å². The summed E-state index contributed by atoms with van der Waals surface area (Å²) in [5.74, 6) is 0.0317. The van der Waals surface area contributed by atoms with E-state index in [0.717, 1.165) is 16.3 Å². The predicted molar refractivity (Wildman–Crippen MR) is 119 cm³/mol. The Morgan fingerprint density at radius 2 is 1.87 bits per heavy atom. The molecule has 2 N–H and O–H groups in total. The van der Waals surface area contributed by atoms with Crippen LogP contribution in [0.15, 0.2) is 60.7 Å². The molecule has 3 aromatic rings. The van der Waals surface area contributed by atoms with Crippen molar-refractivity contribution in [1.29, 1.82) is 0 Å². The van der Waals surface area contributed by atoms with E-state index in [1.165, 1.54) is 0 Å². The van der Waals surface area contributed by atoms with E-state index in [1.54, 1.807) is 11.0 Å². The first-order chi connectivity index (χ1) is 14.4. The van der Waals surface area contributed by atoms with Crippen LogP contribution in [0.25, 0.3) is 10.8 Å². The van der Waals surface area contributed by atoms with Crippen molar-refractivity contribution in [3.63, 3.8) is 0 Å². The number of hydrogen-bond acceptors (Lipinski definition) is 4. The van der Waals surface area contributed by atoms with Gasteiger partial charge in [-0.15, -0.1) is 0 Å². The van der Waals surface area contributed by atoms with Gasteiger partial charge < -0.3 is 15.3 Å². The number of benzene rings is 3. The van der Waals surface area contributed by atoms with Crippen molar-refractivity contribution in [2.45, 2.75) is 25.9 Å². The number of phenols is 1. The van der Waals surface area contributed by atoms with Crippen LogP contribution in [-0.4, -0.2) is 41.5 Å². The molecule has 0 saturated carbocycles. The van der Waals surface area contributed by atoms with Crippen molar-refractivity contribution in [2.75, 3.05) is 23.8 Å². The molecule has 0 radical (unpaired) electrons. The summed E-state index contributed by atoms with van der Waals surface area (Å²) in [4.78, 5) is 29.0. The van der Waals surface area contributed by atoms with E-state index in [2.05, 4.69) is 5.32 Å². The molecule has 1 aliphatic rings. The summed E-state index contributed by atoms with van der Waals surface area (Å²) < 4.78 is 0. The van der Waals surface area contributed by atoms with Gasteiger partial charge in [0.2, 0.25) is 11.8 Å². The Labute approximate surface area is 175 Å². The number of carbonyl (C=O) groups excluding carboxylic acids is 2. The summed E-state index contributed by atoms with van der Waals surface area (Å²) in [6.45, 7) is 2.48. The van der Waals surface area contributed by atoms with Crippen molar-refractivity contribution in [3.05, 3.63) is 66.2 Å². The lowest BCUT2D eigenvalue weighted by Gasteiger charge is -2.30. The number of nitrogens with one attached hydrogen (secondary N) is 1. The smallest absolute Gasteiger partial charge is 0.241 e. The van der Waals surface area contributed by atoms with Crippen LogP contribution in [0.5, 0.6) is 5.75 Å². The maximum atomic E-state index is 13.3. The molecule has 1 atom stereocenters. The maximum Gasteiger partial charge on any atom is 0.241 e. The molecule has 2 amide bonds. The number of para-hydroxylation sites is 2. The fraction of sp³-hybridized carbons (Fsp3) is 0.250. The van der Waals surface area contributed by atoms with Gasteiger partial charge in [-0.05, 0) is 42.9 Å². The Kier molecular flexibility index (Phi) is 5.42. The summed E-state index contributed by atoms with van der Waals surface area (Å²) in [5.41, 5.74) is 2.15. The third-order valence-electron chi connectivity index (χ3n) is 5.48. The first-order valence-electron chi connectivity index (χ1n) is 10.0. The van der Waals surface area contributed by atoms with Gasteiger partial charge >= 0.3 is 0 Å². The molecule has 0 spiro atoms. The highest BCUT2D eigenvalue weighted by molar-refractivity contribution is 6.05. The van der Waals surface area contributed by atoms with E-state index >= 15 is 0 Å². The molecule has 0 fully saturated rings. The molecule has 1 heterocycles. The third kappa shape index (κ3) is 3.86. The molecular formula is C24H25N3O3. The van der Waals surface area contributed by atoms with Crippen LogP contribution in [0.2, 0.25) is 0 Å². The van der Waals surface area contributed by atoms with Crippen molar-refractivity contribution < 1.29 is 14.7 Å². The normalized spacial score (nSPS) is 16.3. The number of aromatic hydroxyl groups is 1. The van der Waals surface area contributed by atoms with E-state index in [0.29, 0.717) is 17.9 Å².